The lowest BCUT2D eigenvalue weighted by Crippen LogP contribution is -2.34. The van der Waals surface area contributed by atoms with Gasteiger partial charge < -0.3 is 9.64 Å². The molecule has 1 saturated heterocycles. The summed E-state index contributed by atoms with van der Waals surface area (Å²) in [5, 5.41) is 3.46. The second-order valence-corrected chi connectivity index (χ2v) is 5.56. The van der Waals surface area contributed by atoms with Gasteiger partial charge in [-0.25, -0.2) is 0 Å². The van der Waals surface area contributed by atoms with Crippen molar-refractivity contribution in [3.05, 3.63) is 29.8 Å². The van der Waals surface area contributed by atoms with Crippen molar-refractivity contribution in [3.63, 3.8) is 0 Å². The molecule has 2 atom stereocenters. The van der Waals surface area contributed by atoms with Crippen LogP contribution in [0.3, 0.4) is 0 Å². The highest BCUT2D eigenvalue weighted by Crippen LogP contribution is 2.33. The number of nitrogens with one attached hydrogen (secondary N) is 1. The largest absolute Gasteiger partial charge is 0.496 e. The minimum Gasteiger partial charge on any atom is -0.496 e. The second-order valence-electron chi connectivity index (χ2n) is 5.56. The Labute approximate surface area is 121 Å². The minimum atomic E-state index is -0.114. The normalized spacial score (nSPS) is 22.6. The number of hydrogen-bond donors (Lipinski definition) is 1. The molecule has 110 valence electrons. The highest BCUT2D eigenvalue weighted by atomic mass is 16.5. The van der Waals surface area contributed by atoms with E-state index in [1.165, 1.54) is 0 Å². The molecule has 2 rings (SSSR count). The molecule has 0 saturated carbocycles. The average Bonchev–Trinajstić information content (AvgIpc) is 2.77. The number of ether oxygens (including phenoxy) is 1. The first kappa shape index (κ1) is 14.9. The van der Waals surface area contributed by atoms with Crippen molar-refractivity contribution in [1.82, 2.24) is 10.2 Å². The highest BCUT2D eigenvalue weighted by Gasteiger charge is 2.41. The van der Waals surface area contributed by atoms with Gasteiger partial charge in [0.15, 0.2) is 0 Å². The third-order valence-corrected chi connectivity index (χ3v) is 3.76. The van der Waals surface area contributed by atoms with Crippen molar-refractivity contribution in [1.29, 1.82) is 0 Å². The Morgan fingerprint density at radius 2 is 2.05 bits per heavy atom. The monoisotopic (exact) mass is 276 g/mol. The summed E-state index contributed by atoms with van der Waals surface area (Å²) in [6, 6.07) is 7.78. The molecule has 1 N–H and O–H groups in total. The van der Waals surface area contributed by atoms with E-state index < -0.39 is 0 Å². The van der Waals surface area contributed by atoms with E-state index in [9.17, 15) is 4.79 Å². The fourth-order valence-electron chi connectivity index (χ4n) is 2.75. The summed E-state index contributed by atoms with van der Waals surface area (Å²) in [6.45, 7) is 7.00. The molecule has 0 radical (unpaired) electrons. The molecule has 20 heavy (non-hydrogen) atoms. The smallest absolute Gasteiger partial charge is 0.241 e. The fraction of sp³-hybridized carbons (Fsp3) is 0.562. The van der Waals surface area contributed by atoms with Crippen LogP contribution in [0.4, 0.5) is 0 Å². The molecule has 1 heterocycles. The Bertz CT molecular complexity index is 473. The number of amides is 1. The van der Waals surface area contributed by atoms with Gasteiger partial charge in [0.1, 0.15) is 11.9 Å². The Kier molecular flexibility index (Phi) is 4.65. The molecule has 0 aromatic heterocycles. The molecular weight excluding hydrogens is 252 g/mol. The molecule has 4 heteroatoms. The summed E-state index contributed by atoms with van der Waals surface area (Å²) < 4.78 is 5.44. The average molecular weight is 276 g/mol. The van der Waals surface area contributed by atoms with Gasteiger partial charge in [-0.3, -0.25) is 10.1 Å². The van der Waals surface area contributed by atoms with Crippen molar-refractivity contribution in [2.45, 2.75) is 39.4 Å². The van der Waals surface area contributed by atoms with Gasteiger partial charge >= 0.3 is 0 Å². The maximum absolute atomic E-state index is 12.5. The van der Waals surface area contributed by atoms with Crippen LogP contribution in [0.25, 0.3) is 0 Å². The number of methoxy groups -OCH3 is 1. The molecule has 0 aliphatic carbocycles. The zero-order chi connectivity index (χ0) is 14.7. The molecule has 0 bridgehead atoms. The minimum absolute atomic E-state index is 0.0917. The second kappa shape index (κ2) is 6.27. The van der Waals surface area contributed by atoms with Crippen molar-refractivity contribution in [2.24, 2.45) is 5.92 Å². The third-order valence-electron chi connectivity index (χ3n) is 3.76. The summed E-state index contributed by atoms with van der Waals surface area (Å²) in [5.74, 6) is 1.29. The summed E-state index contributed by atoms with van der Waals surface area (Å²) in [5.41, 5.74) is 1.03. The van der Waals surface area contributed by atoms with E-state index in [2.05, 4.69) is 26.1 Å². The molecule has 4 nitrogen and oxygen atoms in total. The number of para-hydroxylation sites is 1. The van der Waals surface area contributed by atoms with Crippen LogP contribution in [0.2, 0.25) is 0 Å². The van der Waals surface area contributed by atoms with E-state index in [0.29, 0.717) is 0 Å². The Morgan fingerprint density at radius 3 is 2.65 bits per heavy atom. The van der Waals surface area contributed by atoms with Gasteiger partial charge in [0.25, 0.3) is 0 Å². The van der Waals surface area contributed by atoms with Gasteiger partial charge in [-0.15, -0.1) is 0 Å². The van der Waals surface area contributed by atoms with E-state index in [1.807, 2.05) is 29.2 Å². The molecule has 0 spiro atoms. The number of nitrogens with zero attached hydrogens (tertiary/aromatic N) is 1. The van der Waals surface area contributed by atoms with E-state index >= 15 is 0 Å². The van der Waals surface area contributed by atoms with Crippen molar-refractivity contribution in [3.8, 4) is 5.75 Å². The van der Waals surface area contributed by atoms with Gasteiger partial charge in [-0.1, -0.05) is 39.0 Å². The van der Waals surface area contributed by atoms with Crippen molar-refractivity contribution >= 4 is 5.91 Å². The lowest BCUT2D eigenvalue weighted by molar-refractivity contribution is -0.130. The summed E-state index contributed by atoms with van der Waals surface area (Å²) in [6.07, 6.45) is 0.857. The van der Waals surface area contributed by atoms with Crippen LogP contribution >= 0.6 is 0 Å². The van der Waals surface area contributed by atoms with Crippen LogP contribution < -0.4 is 10.1 Å². The van der Waals surface area contributed by atoms with Crippen molar-refractivity contribution < 1.29 is 9.53 Å². The zero-order valence-electron chi connectivity index (χ0n) is 12.7. The first-order chi connectivity index (χ1) is 9.60. The number of rotatable bonds is 5. The van der Waals surface area contributed by atoms with Crippen molar-refractivity contribution in [2.75, 3.05) is 13.7 Å². The van der Waals surface area contributed by atoms with Crippen LogP contribution in [-0.2, 0) is 4.79 Å². The zero-order valence-corrected chi connectivity index (χ0v) is 12.7. The quantitative estimate of drug-likeness (QED) is 0.898. The molecule has 1 aromatic rings. The maximum Gasteiger partial charge on any atom is 0.241 e. The molecule has 1 fully saturated rings. The third kappa shape index (κ3) is 2.66. The molecule has 1 aliphatic rings. The highest BCUT2D eigenvalue weighted by molar-refractivity contribution is 5.85. The fourth-order valence-corrected chi connectivity index (χ4v) is 2.75. The van der Waals surface area contributed by atoms with Crippen LogP contribution in [0.1, 0.15) is 38.9 Å². The topological polar surface area (TPSA) is 41.6 Å². The van der Waals surface area contributed by atoms with E-state index in [4.69, 9.17) is 4.74 Å². The molecule has 1 aliphatic heterocycles. The van der Waals surface area contributed by atoms with E-state index in [0.717, 1.165) is 24.3 Å². The molecule has 1 aromatic carbocycles. The van der Waals surface area contributed by atoms with E-state index in [-0.39, 0.29) is 24.0 Å². The van der Waals surface area contributed by atoms with Crippen LogP contribution in [0.5, 0.6) is 5.75 Å². The van der Waals surface area contributed by atoms with Crippen LogP contribution in [-0.4, -0.2) is 30.5 Å². The van der Waals surface area contributed by atoms with E-state index in [1.54, 1.807) is 7.11 Å². The lowest BCUT2D eigenvalue weighted by Gasteiger charge is -2.25. The van der Waals surface area contributed by atoms with Crippen LogP contribution in [0.15, 0.2) is 24.3 Å². The SMILES string of the molecule is CCCN1C(=O)C(C(C)C)NC1c1ccccc1OC. The van der Waals surface area contributed by atoms with Gasteiger partial charge in [-0.05, 0) is 18.4 Å². The summed E-state index contributed by atoms with van der Waals surface area (Å²) in [4.78, 5) is 14.5. The molecule has 2 unspecified atom stereocenters. The predicted molar refractivity (Wildman–Crippen MR) is 79.5 cm³/mol. The predicted octanol–water partition coefficient (Wildman–Crippen LogP) is 2.56. The number of benzene rings is 1. The van der Waals surface area contributed by atoms with Gasteiger partial charge in [0.05, 0.1) is 13.2 Å². The Morgan fingerprint density at radius 1 is 1.35 bits per heavy atom. The first-order valence-corrected chi connectivity index (χ1v) is 7.29. The maximum atomic E-state index is 12.5. The standard InChI is InChI=1S/C16H24N2O2/c1-5-10-18-15(17-14(11(2)3)16(18)19)12-8-6-7-9-13(12)20-4/h6-9,11,14-15,17H,5,10H2,1-4H3. The molecule has 1 amide bonds. The van der Waals surface area contributed by atoms with Gasteiger partial charge in [0, 0.05) is 12.1 Å². The van der Waals surface area contributed by atoms with Gasteiger partial charge in [-0.2, -0.15) is 0 Å². The number of hydrogen-bond acceptors (Lipinski definition) is 3. The van der Waals surface area contributed by atoms with Crippen LogP contribution in [0, 0.1) is 5.92 Å². The number of carbonyl (C=O) groups excluding carboxylic acids is 1. The Balaban J connectivity index is 2.35. The first-order valence-electron chi connectivity index (χ1n) is 7.29. The van der Waals surface area contributed by atoms with Gasteiger partial charge in [0.2, 0.25) is 5.91 Å². The summed E-state index contributed by atoms with van der Waals surface area (Å²) in [7, 11) is 1.67. The Hall–Kier alpha value is -1.55. The summed E-state index contributed by atoms with van der Waals surface area (Å²) >= 11 is 0. The lowest BCUT2D eigenvalue weighted by atomic mass is 10.1. The number of carbonyl (C=O) groups is 1. The molecular formula is C16H24N2O2.